The van der Waals surface area contributed by atoms with Crippen molar-refractivity contribution >= 4 is 47.7 Å². The second-order valence-corrected chi connectivity index (χ2v) is 6.37. The first-order valence-electron chi connectivity index (χ1n) is 8.01. The average molecular weight is 408 g/mol. The molecule has 0 aliphatic rings. The minimum atomic E-state index is 0. The molecular formula is C20H23Cl2N3S. The second kappa shape index (κ2) is 11.7. The Morgan fingerprint density at radius 2 is 1.73 bits per heavy atom. The van der Waals surface area contributed by atoms with Gasteiger partial charge in [0.1, 0.15) is 5.84 Å². The lowest BCUT2D eigenvalue weighted by atomic mass is 10.1. The van der Waals surface area contributed by atoms with Crippen LogP contribution in [0, 0.1) is 0 Å². The summed E-state index contributed by atoms with van der Waals surface area (Å²) in [6.07, 6.45) is 0.967. The van der Waals surface area contributed by atoms with Crippen LogP contribution in [0.2, 0.25) is 0 Å². The highest BCUT2D eigenvalue weighted by molar-refractivity contribution is 7.08. The molecule has 3 rings (SSSR count). The quantitative estimate of drug-likeness (QED) is 0.330. The number of nitrogens with zero attached hydrogens (tertiary/aromatic N) is 1. The number of aliphatic imine (C=N–C) groups is 1. The summed E-state index contributed by atoms with van der Waals surface area (Å²) in [6.45, 7) is 1.83. The summed E-state index contributed by atoms with van der Waals surface area (Å²) in [5, 5.41) is 7.49. The molecule has 0 fully saturated rings. The molecule has 0 atom stereocenters. The van der Waals surface area contributed by atoms with Gasteiger partial charge in [0.05, 0.1) is 5.69 Å². The van der Waals surface area contributed by atoms with E-state index in [-0.39, 0.29) is 24.8 Å². The van der Waals surface area contributed by atoms with Crippen LogP contribution >= 0.6 is 36.2 Å². The van der Waals surface area contributed by atoms with E-state index in [9.17, 15) is 0 Å². The molecule has 0 unspecified atom stereocenters. The van der Waals surface area contributed by atoms with Crippen molar-refractivity contribution in [1.29, 1.82) is 0 Å². The van der Waals surface area contributed by atoms with Crippen molar-refractivity contribution in [2.45, 2.75) is 13.0 Å². The number of thiophene rings is 1. The van der Waals surface area contributed by atoms with E-state index >= 15 is 0 Å². The normalized spacial score (nSPS) is 10.7. The predicted octanol–water partition coefficient (Wildman–Crippen LogP) is 4.96. The molecule has 138 valence electrons. The molecule has 0 saturated carbocycles. The van der Waals surface area contributed by atoms with Gasteiger partial charge in [0, 0.05) is 17.5 Å². The highest BCUT2D eigenvalue weighted by Gasteiger charge is 2.00. The van der Waals surface area contributed by atoms with Crippen LogP contribution in [0.15, 0.2) is 76.4 Å². The fraction of sp³-hybridized carbons (Fsp3) is 0.150. The van der Waals surface area contributed by atoms with Crippen molar-refractivity contribution in [1.82, 2.24) is 5.32 Å². The maximum Gasteiger partial charge on any atom is 0.132 e. The Morgan fingerprint density at radius 3 is 2.46 bits per heavy atom. The molecule has 1 heterocycles. The van der Waals surface area contributed by atoms with Crippen molar-refractivity contribution in [2.24, 2.45) is 10.7 Å². The molecule has 0 radical (unpaired) electrons. The highest BCUT2D eigenvalue weighted by atomic mass is 35.5. The molecule has 1 aromatic heterocycles. The first-order chi connectivity index (χ1) is 11.8. The topological polar surface area (TPSA) is 50.4 Å². The highest BCUT2D eigenvalue weighted by Crippen LogP contribution is 2.16. The first-order valence-corrected chi connectivity index (χ1v) is 8.96. The third-order valence-corrected chi connectivity index (χ3v) is 4.42. The van der Waals surface area contributed by atoms with Gasteiger partial charge in [-0.3, -0.25) is 0 Å². The van der Waals surface area contributed by atoms with Crippen LogP contribution in [0.1, 0.15) is 16.7 Å². The van der Waals surface area contributed by atoms with Gasteiger partial charge < -0.3 is 11.1 Å². The maximum atomic E-state index is 6.05. The number of amidine groups is 1. The zero-order valence-corrected chi connectivity index (χ0v) is 16.7. The van der Waals surface area contributed by atoms with Gasteiger partial charge in [-0.2, -0.15) is 11.3 Å². The van der Waals surface area contributed by atoms with Crippen LogP contribution in [-0.4, -0.2) is 12.4 Å². The number of benzene rings is 2. The van der Waals surface area contributed by atoms with E-state index in [1.165, 1.54) is 11.1 Å². The van der Waals surface area contributed by atoms with E-state index in [2.05, 4.69) is 46.7 Å². The lowest BCUT2D eigenvalue weighted by molar-refractivity contribution is 0.687. The van der Waals surface area contributed by atoms with E-state index in [1.807, 2.05) is 35.0 Å². The van der Waals surface area contributed by atoms with Crippen LogP contribution in [0.5, 0.6) is 0 Å². The largest absolute Gasteiger partial charge is 0.383 e. The third-order valence-electron chi connectivity index (χ3n) is 3.74. The molecule has 26 heavy (non-hydrogen) atoms. The third kappa shape index (κ3) is 6.81. The fourth-order valence-electron chi connectivity index (χ4n) is 2.46. The van der Waals surface area contributed by atoms with Gasteiger partial charge in [-0.05, 0) is 47.7 Å². The Hall–Kier alpha value is -1.85. The molecule has 0 saturated heterocycles. The van der Waals surface area contributed by atoms with Gasteiger partial charge in [-0.25, -0.2) is 4.99 Å². The molecule has 6 heteroatoms. The summed E-state index contributed by atoms with van der Waals surface area (Å²) in [4.78, 5) is 4.52. The standard InChI is InChI=1S/C20H21N3S.2ClH/c21-20(18-10-12-24-15-18)23-19-8-4-7-16(13-19)9-11-22-14-17-5-2-1-3-6-17;;/h1-8,10,12-13,15,22H,9,11,14H2,(H2,21,23);2*1H. The number of rotatable bonds is 7. The summed E-state index contributed by atoms with van der Waals surface area (Å²) in [7, 11) is 0. The van der Waals surface area contributed by atoms with E-state index in [0.717, 1.165) is 30.8 Å². The molecule has 0 aliphatic carbocycles. The number of nitrogens with two attached hydrogens (primary N) is 1. The lowest BCUT2D eigenvalue weighted by Crippen LogP contribution is -2.16. The number of hydrogen-bond donors (Lipinski definition) is 2. The molecule has 3 nitrogen and oxygen atoms in total. The van der Waals surface area contributed by atoms with E-state index < -0.39 is 0 Å². The van der Waals surface area contributed by atoms with Crippen LogP contribution in [0.4, 0.5) is 5.69 Å². The van der Waals surface area contributed by atoms with Crippen LogP contribution in [0.25, 0.3) is 0 Å². The summed E-state index contributed by atoms with van der Waals surface area (Å²) < 4.78 is 0. The molecule has 0 spiro atoms. The number of halogens is 2. The van der Waals surface area contributed by atoms with Gasteiger partial charge in [0.25, 0.3) is 0 Å². The fourth-order valence-corrected chi connectivity index (χ4v) is 3.11. The zero-order chi connectivity index (χ0) is 16.6. The second-order valence-electron chi connectivity index (χ2n) is 5.59. The Morgan fingerprint density at radius 1 is 0.962 bits per heavy atom. The average Bonchev–Trinajstić information content (AvgIpc) is 3.15. The van der Waals surface area contributed by atoms with Crippen molar-refractivity contribution in [2.75, 3.05) is 6.54 Å². The zero-order valence-electron chi connectivity index (χ0n) is 14.3. The molecule has 3 aromatic rings. The smallest absolute Gasteiger partial charge is 0.132 e. The Labute approximate surface area is 171 Å². The molecule has 3 N–H and O–H groups in total. The molecule has 0 aliphatic heterocycles. The van der Waals surface area contributed by atoms with Crippen LogP contribution < -0.4 is 11.1 Å². The van der Waals surface area contributed by atoms with Gasteiger partial charge >= 0.3 is 0 Å². The number of hydrogen-bond acceptors (Lipinski definition) is 3. The summed E-state index contributed by atoms with van der Waals surface area (Å²) in [5.41, 5.74) is 10.5. The minimum Gasteiger partial charge on any atom is -0.383 e. The van der Waals surface area contributed by atoms with E-state index in [4.69, 9.17) is 5.73 Å². The SMILES string of the molecule is Cl.Cl.NC(=Nc1cccc(CCNCc2ccccc2)c1)c1ccsc1. The van der Waals surface area contributed by atoms with Gasteiger partial charge in [-0.15, -0.1) is 24.8 Å². The van der Waals surface area contributed by atoms with Crippen molar-refractivity contribution in [3.63, 3.8) is 0 Å². The Balaban J connectivity index is 0.00000169. The van der Waals surface area contributed by atoms with E-state index in [1.54, 1.807) is 11.3 Å². The maximum absolute atomic E-state index is 6.05. The molecule has 2 aromatic carbocycles. The minimum absolute atomic E-state index is 0. The van der Waals surface area contributed by atoms with Gasteiger partial charge in [-0.1, -0.05) is 42.5 Å². The van der Waals surface area contributed by atoms with Crippen molar-refractivity contribution in [3.8, 4) is 0 Å². The Kier molecular flexibility index (Phi) is 9.99. The Bertz CT molecular complexity index is 790. The molecule has 0 bridgehead atoms. The van der Waals surface area contributed by atoms with Crippen LogP contribution in [0.3, 0.4) is 0 Å². The van der Waals surface area contributed by atoms with Gasteiger partial charge in [0.15, 0.2) is 0 Å². The molecular weight excluding hydrogens is 385 g/mol. The van der Waals surface area contributed by atoms with Crippen molar-refractivity contribution < 1.29 is 0 Å². The summed E-state index contributed by atoms with van der Waals surface area (Å²) >= 11 is 1.62. The summed E-state index contributed by atoms with van der Waals surface area (Å²) in [5.74, 6) is 0.565. The lowest BCUT2D eigenvalue weighted by Gasteiger charge is -2.06. The summed E-state index contributed by atoms with van der Waals surface area (Å²) in [6, 6.07) is 20.7. The molecule has 0 amide bonds. The number of nitrogens with one attached hydrogen (secondary N) is 1. The monoisotopic (exact) mass is 407 g/mol. The van der Waals surface area contributed by atoms with Crippen LogP contribution in [-0.2, 0) is 13.0 Å². The first kappa shape index (κ1) is 22.2. The van der Waals surface area contributed by atoms with Gasteiger partial charge in [0.2, 0.25) is 0 Å². The predicted molar refractivity (Wildman–Crippen MR) is 117 cm³/mol. The van der Waals surface area contributed by atoms with E-state index in [0.29, 0.717) is 5.84 Å². The van der Waals surface area contributed by atoms with Crippen molar-refractivity contribution in [3.05, 3.63) is 88.1 Å².